The van der Waals surface area contributed by atoms with Crippen molar-refractivity contribution in [2.24, 2.45) is 0 Å². The number of nitrogens with two attached hydrogens (primary N) is 1. The van der Waals surface area contributed by atoms with Crippen LogP contribution in [-0.4, -0.2) is 9.97 Å². The fourth-order valence-corrected chi connectivity index (χ4v) is 1.62. The van der Waals surface area contributed by atoms with E-state index in [0.29, 0.717) is 10.2 Å². The smallest absolute Gasteiger partial charge is 0.289 e. The molecule has 0 aliphatic carbocycles. The minimum Gasteiger partial charge on any atom is -0.382 e. The highest BCUT2D eigenvalue weighted by Crippen LogP contribution is 2.13. The van der Waals surface area contributed by atoms with Crippen LogP contribution in [-0.2, 0) is 0 Å². The summed E-state index contributed by atoms with van der Waals surface area (Å²) in [7, 11) is 0. The van der Waals surface area contributed by atoms with Crippen LogP contribution in [0.4, 0.5) is 5.82 Å². The Morgan fingerprint density at radius 3 is 3.17 bits per heavy atom. The van der Waals surface area contributed by atoms with E-state index in [4.69, 9.17) is 5.73 Å². The van der Waals surface area contributed by atoms with Crippen molar-refractivity contribution in [1.29, 1.82) is 0 Å². The summed E-state index contributed by atoms with van der Waals surface area (Å²) >= 11 is 1.32. The highest BCUT2D eigenvalue weighted by Gasteiger charge is 1.99. The lowest BCUT2D eigenvalue weighted by Gasteiger charge is -1.78. The number of anilines is 1. The van der Waals surface area contributed by atoms with Gasteiger partial charge in [-0.25, -0.2) is 9.97 Å². The van der Waals surface area contributed by atoms with E-state index in [1.54, 1.807) is 11.4 Å². The minimum atomic E-state index is -0.274. The van der Waals surface area contributed by atoms with Crippen molar-refractivity contribution in [3.63, 3.8) is 0 Å². The molecule has 0 unspecified atom stereocenters. The lowest BCUT2D eigenvalue weighted by Crippen LogP contribution is -1.98. The molecule has 0 aliphatic heterocycles. The second-order valence-electron chi connectivity index (χ2n) is 2.23. The first-order valence-electron chi connectivity index (χ1n) is 3.27. The van der Waals surface area contributed by atoms with Gasteiger partial charge in [0.1, 0.15) is 10.5 Å². The molecule has 2 heterocycles. The van der Waals surface area contributed by atoms with Gasteiger partial charge in [-0.3, -0.25) is 4.79 Å². The highest BCUT2D eigenvalue weighted by atomic mass is 32.1. The Balaban J connectivity index is 3.04. The fraction of sp³-hybridized carbons (Fsp3) is 0. The predicted octanol–water partition coefficient (Wildman–Crippen LogP) is 0.634. The van der Waals surface area contributed by atoms with Crippen LogP contribution >= 0.6 is 11.3 Å². The SMILES string of the molecule is Nc1cnc(=O)c2sccc2n1. The first-order valence-corrected chi connectivity index (χ1v) is 4.15. The van der Waals surface area contributed by atoms with E-state index in [0.717, 1.165) is 0 Å². The highest BCUT2D eigenvalue weighted by molar-refractivity contribution is 7.17. The molecule has 4 nitrogen and oxygen atoms in total. The summed E-state index contributed by atoms with van der Waals surface area (Å²) in [6.07, 6.45) is 1.27. The first kappa shape index (κ1) is 7.17. The zero-order valence-corrected chi connectivity index (χ0v) is 6.84. The Labute approximate surface area is 71.7 Å². The van der Waals surface area contributed by atoms with E-state index in [1.807, 2.05) is 0 Å². The van der Waals surface area contributed by atoms with Gasteiger partial charge in [-0.1, -0.05) is 0 Å². The van der Waals surface area contributed by atoms with Gasteiger partial charge in [-0.15, -0.1) is 11.3 Å². The topological polar surface area (TPSA) is 68.9 Å². The summed E-state index contributed by atoms with van der Waals surface area (Å²) in [4.78, 5) is 18.8. The van der Waals surface area contributed by atoms with Crippen molar-refractivity contribution in [1.82, 2.24) is 9.97 Å². The summed E-state index contributed by atoms with van der Waals surface area (Å²) in [5, 5.41) is 1.79. The molecule has 0 spiro atoms. The van der Waals surface area contributed by atoms with Crippen LogP contribution in [0.2, 0.25) is 0 Å². The monoisotopic (exact) mass is 179 g/mol. The lowest BCUT2D eigenvalue weighted by atomic mass is 10.5. The summed E-state index contributed by atoms with van der Waals surface area (Å²) in [6.45, 7) is 0. The number of rotatable bonds is 0. The number of fused-ring (bicyclic) bond motifs is 1. The number of nitrogens with zero attached hydrogens (tertiary/aromatic N) is 2. The molecular formula is C7H5N3OS. The maximum absolute atomic E-state index is 11.2. The largest absolute Gasteiger partial charge is 0.382 e. The normalized spacial score (nSPS) is 10.3. The molecule has 0 fully saturated rings. The van der Waals surface area contributed by atoms with Crippen molar-refractivity contribution < 1.29 is 0 Å². The lowest BCUT2D eigenvalue weighted by molar-refractivity contribution is 1.29. The van der Waals surface area contributed by atoms with Crippen molar-refractivity contribution in [3.05, 3.63) is 28.0 Å². The van der Waals surface area contributed by atoms with Gasteiger partial charge in [0.2, 0.25) is 0 Å². The van der Waals surface area contributed by atoms with Gasteiger partial charge in [0.05, 0.1) is 11.7 Å². The van der Waals surface area contributed by atoms with Crippen LogP contribution in [0, 0.1) is 0 Å². The Morgan fingerprint density at radius 2 is 2.33 bits per heavy atom. The summed E-state index contributed by atoms with van der Waals surface area (Å²) in [5.74, 6) is 0.264. The number of aromatic nitrogens is 2. The zero-order valence-electron chi connectivity index (χ0n) is 6.02. The van der Waals surface area contributed by atoms with Gasteiger partial charge in [0, 0.05) is 0 Å². The summed E-state index contributed by atoms with van der Waals surface area (Å²) in [6, 6.07) is 1.75. The van der Waals surface area contributed by atoms with Gasteiger partial charge in [-0.2, -0.15) is 0 Å². The average Bonchev–Trinajstić information content (AvgIpc) is 2.44. The Kier molecular flexibility index (Phi) is 1.51. The molecule has 0 aromatic carbocycles. The quantitative estimate of drug-likeness (QED) is 0.644. The third kappa shape index (κ3) is 1.04. The standard InChI is InChI=1S/C7H5N3OS/c8-5-3-9-7(11)6-4(10-5)1-2-12-6/h1-3H,(H2,8,10). The van der Waals surface area contributed by atoms with E-state index in [9.17, 15) is 4.79 Å². The fourth-order valence-electron chi connectivity index (χ4n) is 0.902. The second-order valence-corrected chi connectivity index (χ2v) is 3.15. The van der Waals surface area contributed by atoms with Gasteiger partial charge in [0.25, 0.3) is 5.56 Å². The van der Waals surface area contributed by atoms with Gasteiger partial charge >= 0.3 is 0 Å². The van der Waals surface area contributed by atoms with E-state index in [-0.39, 0.29) is 11.4 Å². The zero-order chi connectivity index (χ0) is 8.55. The molecule has 0 amide bonds. The molecule has 60 valence electrons. The summed E-state index contributed by atoms with van der Waals surface area (Å²) < 4.78 is 0.548. The molecule has 0 aliphatic rings. The number of thiophene rings is 1. The predicted molar refractivity (Wildman–Crippen MR) is 48.1 cm³/mol. The van der Waals surface area contributed by atoms with Crippen LogP contribution < -0.4 is 11.3 Å². The Bertz CT molecular complexity index is 479. The molecule has 0 saturated heterocycles. The molecule has 0 radical (unpaired) electrons. The summed E-state index contributed by atoms with van der Waals surface area (Å²) in [5.41, 5.74) is 5.76. The molecule has 5 heteroatoms. The molecule has 0 atom stereocenters. The van der Waals surface area contributed by atoms with Gasteiger partial charge in [-0.05, 0) is 11.4 Å². The minimum absolute atomic E-state index is 0.264. The van der Waals surface area contributed by atoms with E-state index < -0.39 is 0 Å². The van der Waals surface area contributed by atoms with Crippen molar-refractivity contribution in [2.45, 2.75) is 0 Å². The van der Waals surface area contributed by atoms with Crippen molar-refractivity contribution >= 4 is 27.4 Å². The number of hydrogen-bond donors (Lipinski definition) is 1. The molecule has 2 rings (SSSR count). The number of nitrogen functional groups attached to an aromatic ring is 1. The van der Waals surface area contributed by atoms with Crippen LogP contribution in [0.1, 0.15) is 0 Å². The Morgan fingerprint density at radius 1 is 1.50 bits per heavy atom. The van der Waals surface area contributed by atoms with Crippen LogP contribution in [0.15, 0.2) is 22.4 Å². The van der Waals surface area contributed by atoms with E-state index in [2.05, 4.69) is 9.97 Å². The van der Waals surface area contributed by atoms with Crippen LogP contribution in [0.25, 0.3) is 10.2 Å². The average molecular weight is 179 g/mol. The molecule has 2 aromatic heterocycles. The first-order chi connectivity index (χ1) is 5.77. The Hall–Kier alpha value is -1.49. The molecule has 12 heavy (non-hydrogen) atoms. The number of hydrogen-bond acceptors (Lipinski definition) is 5. The van der Waals surface area contributed by atoms with Crippen molar-refractivity contribution in [3.8, 4) is 0 Å². The van der Waals surface area contributed by atoms with E-state index in [1.165, 1.54) is 17.5 Å². The molecule has 0 bridgehead atoms. The van der Waals surface area contributed by atoms with Gasteiger partial charge in [0.15, 0.2) is 0 Å². The van der Waals surface area contributed by atoms with E-state index >= 15 is 0 Å². The third-order valence-electron chi connectivity index (χ3n) is 1.40. The van der Waals surface area contributed by atoms with Gasteiger partial charge < -0.3 is 5.73 Å². The maximum Gasteiger partial charge on any atom is 0.289 e. The third-order valence-corrected chi connectivity index (χ3v) is 2.29. The van der Waals surface area contributed by atoms with Crippen molar-refractivity contribution in [2.75, 3.05) is 5.73 Å². The molecular weight excluding hydrogens is 174 g/mol. The van der Waals surface area contributed by atoms with Crippen LogP contribution in [0.5, 0.6) is 0 Å². The molecule has 2 N–H and O–H groups in total. The molecule has 0 saturated carbocycles. The second kappa shape index (κ2) is 2.53. The van der Waals surface area contributed by atoms with Crippen LogP contribution in [0.3, 0.4) is 0 Å². The molecule has 2 aromatic rings. The maximum atomic E-state index is 11.2.